The summed E-state index contributed by atoms with van der Waals surface area (Å²) < 4.78 is 19.3. The van der Waals surface area contributed by atoms with Crippen molar-refractivity contribution in [3.8, 4) is 17.0 Å². The van der Waals surface area contributed by atoms with Crippen LogP contribution in [0.1, 0.15) is 35.7 Å². The van der Waals surface area contributed by atoms with Crippen LogP contribution in [0.3, 0.4) is 0 Å². The number of hydrogen-bond donors (Lipinski definition) is 2. The molecule has 2 N–H and O–H groups in total. The van der Waals surface area contributed by atoms with Gasteiger partial charge in [-0.15, -0.1) is 0 Å². The molecule has 160 valence electrons. The van der Waals surface area contributed by atoms with E-state index in [-0.39, 0.29) is 30.8 Å². The second-order valence-corrected chi connectivity index (χ2v) is 8.04. The topological polar surface area (TPSA) is 84.3 Å². The van der Waals surface area contributed by atoms with Crippen LogP contribution in [0.5, 0.6) is 5.88 Å². The molecule has 4 rings (SSSR count). The van der Waals surface area contributed by atoms with Crippen molar-refractivity contribution >= 4 is 5.91 Å². The Morgan fingerprint density at radius 1 is 1.23 bits per heavy atom. The molecular formula is C24H24FN3O3. The van der Waals surface area contributed by atoms with Crippen molar-refractivity contribution in [2.75, 3.05) is 6.54 Å². The standard InChI is InChI=1S/C24H24FN3O3/c1-24(30,19-4-5-19)15-28-22(29)18-12-21(17-2-6-20(25)7-3-17)23(27-13-18)31-14-16-8-10-26-11-9-16/h2-3,6-13,19,30H,4-5,14-15H2,1H3,(H,28,29). The smallest absolute Gasteiger partial charge is 0.252 e. The minimum absolute atomic E-state index is 0.169. The van der Waals surface area contributed by atoms with Gasteiger partial charge in [0, 0.05) is 30.7 Å². The van der Waals surface area contributed by atoms with Gasteiger partial charge < -0.3 is 15.2 Å². The second kappa shape index (κ2) is 8.81. The summed E-state index contributed by atoms with van der Waals surface area (Å²) in [5.41, 5.74) is 1.60. The van der Waals surface area contributed by atoms with Crippen LogP contribution in [0.4, 0.5) is 4.39 Å². The average Bonchev–Trinajstić information content (AvgIpc) is 3.64. The molecule has 31 heavy (non-hydrogen) atoms. The molecule has 0 radical (unpaired) electrons. The van der Waals surface area contributed by atoms with E-state index in [1.807, 2.05) is 12.1 Å². The van der Waals surface area contributed by atoms with E-state index in [0.29, 0.717) is 22.6 Å². The maximum Gasteiger partial charge on any atom is 0.252 e. The van der Waals surface area contributed by atoms with Crippen LogP contribution in [-0.2, 0) is 6.61 Å². The van der Waals surface area contributed by atoms with E-state index in [9.17, 15) is 14.3 Å². The van der Waals surface area contributed by atoms with E-state index < -0.39 is 5.60 Å². The highest BCUT2D eigenvalue weighted by Gasteiger charge is 2.40. The van der Waals surface area contributed by atoms with Gasteiger partial charge in [-0.1, -0.05) is 12.1 Å². The largest absolute Gasteiger partial charge is 0.472 e. The highest BCUT2D eigenvalue weighted by atomic mass is 19.1. The Bertz CT molecular complexity index is 1050. The lowest BCUT2D eigenvalue weighted by atomic mass is 10.0. The van der Waals surface area contributed by atoms with E-state index >= 15 is 0 Å². The molecule has 1 aromatic carbocycles. The Balaban J connectivity index is 1.56. The van der Waals surface area contributed by atoms with Crippen LogP contribution in [0.25, 0.3) is 11.1 Å². The predicted molar refractivity (Wildman–Crippen MR) is 114 cm³/mol. The first-order valence-electron chi connectivity index (χ1n) is 10.2. The summed E-state index contributed by atoms with van der Waals surface area (Å²) in [4.78, 5) is 21.0. The fourth-order valence-corrected chi connectivity index (χ4v) is 3.37. The summed E-state index contributed by atoms with van der Waals surface area (Å²) in [6, 6.07) is 11.3. The van der Waals surface area contributed by atoms with Gasteiger partial charge in [0.2, 0.25) is 5.88 Å². The van der Waals surface area contributed by atoms with Gasteiger partial charge in [-0.25, -0.2) is 9.37 Å². The maximum absolute atomic E-state index is 13.4. The van der Waals surface area contributed by atoms with Gasteiger partial charge in [0.05, 0.1) is 11.2 Å². The van der Waals surface area contributed by atoms with Crippen LogP contribution in [0.2, 0.25) is 0 Å². The van der Waals surface area contributed by atoms with Crippen molar-refractivity contribution in [1.82, 2.24) is 15.3 Å². The minimum Gasteiger partial charge on any atom is -0.472 e. The lowest BCUT2D eigenvalue weighted by Crippen LogP contribution is -2.42. The monoisotopic (exact) mass is 421 g/mol. The van der Waals surface area contributed by atoms with Gasteiger partial charge in [0.1, 0.15) is 12.4 Å². The third-order valence-electron chi connectivity index (χ3n) is 5.46. The Morgan fingerprint density at radius 3 is 2.61 bits per heavy atom. The van der Waals surface area contributed by atoms with Crippen LogP contribution >= 0.6 is 0 Å². The molecule has 1 amide bonds. The molecule has 0 spiro atoms. The van der Waals surface area contributed by atoms with Crippen molar-refractivity contribution in [3.05, 3.63) is 78.0 Å². The molecule has 0 saturated heterocycles. The van der Waals surface area contributed by atoms with Crippen molar-refractivity contribution in [2.24, 2.45) is 5.92 Å². The number of benzene rings is 1. The zero-order valence-electron chi connectivity index (χ0n) is 17.2. The number of ether oxygens (including phenoxy) is 1. The van der Waals surface area contributed by atoms with Crippen molar-refractivity contribution in [2.45, 2.75) is 32.0 Å². The van der Waals surface area contributed by atoms with Gasteiger partial charge >= 0.3 is 0 Å². The van der Waals surface area contributed by atoms with Crippen LogP contribution in [0.15, 0.2) is 61.1 Å². The Kier molecular flexibility index (Phi) is 5.95. The van der Waals surface area contributed by atoms with E-state index in [1.165, 1.54) is 18.3 Å². The lowest BCUT2D eigenvalue weighted by molar-refractivity contribution is 0.0354. The van der Waals surface area contributed by atoms with Gasteiger partial charge in [-0.2, -0.15) is 0 Å². The third kappa shape index (κ3) is 5.24. The SMILES string of the molecule is CC(O)(CNC(=O)c1cnc(OCc2ccncc2)c(-c2ccc(F)cc2)c1)C1CC1. The van der Waals surface area contributed by atoms with Gasteiger partial charge in [0.15, 0.2) is 0 Å². The first-order chi connectivity index (χ1) is 14.9. The summed E-state index contributed by atoms with van der Waals surface area (Å²) in [6.45, 7) is 2.19. The van der Waals surface area contributed by atoms with Crippen LogP contribution in [-0.4, -0.2) is 33.1 Å². The Morgan fingerprint density at radius 2 is 1.94 bits per heavy atom. The highest BCUT2D eigenvalue weighted by Crippen LogP contribution is 2.39. The number of amides is 1. The first kappa shape index (κ1) is 20.9. The normalized spacial score (nSPS) is 15.2. The number of aliphatic hydroxyl groups is 1. The summed E-state index contributed by atoms with van der Waals surface area (Å²) in [7, 11) is 0. The summed E-state index contributed by atoms with van der Waals surface area (Å²) in [6.07, 6.45) is 6.75. The number of hydrogen-bond acceptors (Lipinski definition) is 5. The number of rotatable bonds is 8. The minimum atomic E-state index is -0.920. The molecule has 0 bridgehead atoms. The van der Waals surface area contributed by atoms with E-state index in [4.69, 9.17) is 4.74 Å². The van der Waals surface area contributed by atoms with E-state index in [0.717, 1.165) is 18.4 Å². The molecule has 7 heteroatoms. The molecule has 6 nitrogen and oxygen atoms in total. The summed E-state index contributed by atoms with van der Waals surface area (Å²) >= 11 is 0. The van der Waals surface area contributed by atoms with Gasteiger partial charge in [-0.05, 0) is 67.1 Å². The fourth-order valence-electron chi connectivity index (χ4n) is 3.37. The predicted octanol–water partition coefficient (Wildman–Crippen LogP) is 3.75. The molecule has 2 heterocycles. The molecule has 1 atom stereocenters. The number of halogens is 1. The molecule has 1 aliphatic rings. The van der Waals surface area contributed by atoms with Gasteiger partial charge in [0.25, 0.3) is 5.91 Å². The molecule has 1 unspecified atom stereocenters. The van der Waals surface area contributed by atoms with Crippen molar-refractivity contribution < 1.29 is 19.0 Å². The molecule has 1 aliphatic carbocycles. The summed E-state index contributed by atoms with van der Waals surface area (Å²) in [5.74, 6) is -0.126. The number of pyridine rings is 2. The average molecular weight is 421 g/mol. The first-order valence-corrected chi connectivity index (χ1v) is 10.2. The van der Waals surface area contributed by atoms with Crippen molar-refractivity contribution in [1.29, 1.82) is 0 Å². The van der Waals surface area contributed by atoms with Crippen LogP contribution in [0, 0.1) is 11.7 Å². The fraction of sp³-hybridized carbons (Fsp3) is 0.292. The van der Waals surface area contributed by atoms with Crippen LogP contribution < -0.4 is 10.1 Å². The zero-order chi connectivity index (χ0) is 21.8. The number of carbonyl (C=O) groups is 1. The summed E-state index contributed by atoms with van der Waals surface area (Å²) in [5, 5.41) is 13.2. The molecule has 2 aromatic heterocycles. The zero-order valence-corrected chi connectivity index (χ0v) is 17.2. The quantitative estimate of drug-likeness (QED) is 0.579. The van der Waals surface area contributed by atoms with Gasteiger partial charge in [-0.3, -0.25) is 9.78 Å². The van der Waals surface area contributed by atoms with E-state index in [2.05, 4.69) is 15.3 Å². The van der Waals surface area contributed by atoms with E-state index in [1.54, 1.807) is 37.5 Å². The Labute approximate surface area is 180 Å². The highest BCUT2D eigenvalue weighted by molar-refractivity contribution is 5.95. The second-order valence-electron chi connectivity index (χ2n) is 8.04. The molecule has 3 aromatic rings. The lowest BCUT2D eigenvalue weighted by Gasteiger charge is -2.23. The molecule has 1 saturated carbocycles. The molecular weight excluding hydrogens is 397 g/mol. The third-order valence-corrected chi connectivity index (χ3v) is 5.46. The molecule has 1 fully saturated rings. The number of nitrogens with zero attached hydrogens (tertiary/aromatic N) is 2. The molecule has 0 aliphatic heterocycles. The number of aromatic nitrogens is 2. The van der Waals surface area contributed by atoms with Crippen molar-refractivity contribution in [3.63, 3.8) is 0 Å². The Hall–Kier alpha value is -3.32. The number of carbonyl (C=O) groups excluding carboxylic acids is 1. The maximum atomic E-state index is 13.4. The number of nitrogens with one attached hydrogen (secondary N) is 1.